The van der Waals surface area contributed by atoms with Crippen LogP contribution >= 0.6 is 23.7 Å². The van der Waals surface area contributed by atoms with Gasteiger partial charge in [0.05, 0.1) is 12.1 Å². The van der Waals surface area contributed by atoms with Crippen LogP contribution in [0.15, 0.2) is 71.6 Å². The Morgan fingerprint density at radius 3 is 2.47 bits per heavy atom. The van der Waals surface area contributed by atoms with E-state index < -0.39 is 17.3 Å². The number of rotatable bonds is 9. The molecule has 11 heteroatoms. The van der Waals surface area contributed by atoms with E-state index in [1.165, 1.54) is 22.2 Å². The summed E-state index contributed by atoms with van der Waals surface area (Å²) in [7, 11) is 0. The van der Waals surface area contributed by atoms with Gasteiger partial charge in [0.15, 0.2) is 0 Å². The highest BCUT2D eigenvalue weighted by Crippen LogP contribution is 2.29. The fraction of sp³-hybridized carbons (Fsp3) is 0.148. The molecule has 0 bridgehead atoms. The van der Waals surface area contributed by atoms with E-state index in [1.807, 2.05) is 0 Å². The van der Waals surface area contributed by atoms with Crippen molar-refractivity contribution in [3.63, 3.8) is 0 Å². The van der Waals surface area contributed by atoms with Gasteiger partial charge in [-0.15, -0.1) is 23.7 Å². The fourth-order valence-corrected chi connectivity index (χ4v) is 4.45. The van der Waals surface area contributed by atoms with Crippen LogP contribution in [0.3, 0.4) is 0 Å². The molecule has 1 heterocycles. The maximum atomic E-state index is 13.3. The number of amidine groups is 1. The number of carbonyl (C=O) groups is 3. The number of nitrogens with one attached hydrogen (secondary N) is 2. The first-order valence-corrected chi connectivity index (χ1v) is 12.3. The van der Waals surface area contributed by atoms with Crippen LogP contribution in [-0.4, -0.2) is 35.1 Å². The number of nitrogen functional groups attached to an aromatic ring is 1. The first-order chi connectivity index (χ1) is 17.8. The average Bonchev–Trinajstić information content (AvgIpc) is 3.45. The summed E-state index contributed by atoms with van der Waals surface area (Å²) in [5, 5.41) is 13.1. The molecule has 0 aliphatic heterocycles. The van der Waals surface area contributed by atoms with Gasteiger partial charge in [-0.25, -0.2) is 9.78 Å². The lowest BCUT2D eigenvalue weighted by molar-refractivity contribution is -0.147. The topological polar surface area (TPSA) is 161 Å². The highest BCUT2D eigenvalue weighted by molar-refractivity contribution is 7.07. The minimum absolute atomic E-state index is 0. The molecule has 3 aromatic carbocycles. The molecule has 196 valence electrons. The molecule has 0 saturated heterocycles. The zero-order valence-corrected chi connectivity index (χ0v) is 22.0. The lowest BCUT2D eigenvalue weighted by atomic mass is 9.84. The Labute approximate surface area is 229 Å². The van der Waals surface area contributed by atoms with Crippen LogP contribution in [0.2, 0.25) is 0 Å². The van der Waals surface area contributed by atoms with Crippen molar-refractivity contribution >= 4 is 58.0 Å². The number of Topliss-reactive ketones (excluding diaryl/α,β-unsaturated/α-hetero) is 1. The van der Waals surface area contributed by atoms with Gasteiger partial charge in [-0.05, 0) is 41.0 Å². The Hall–Kier alpha value is -4.12. The number of halogens is 1. The van der Waals surface area contributed by atoms with Crippen molar-refractivity contribution in [2.24, 2.45) is 11.5 Å². The molecule has 38 heavy (non-hydrogen) atoms. The van der Waals surface area contributed by atoms with E-state index in [0.717, 1.165) is 5.56 Å². The zero-order valence-electron chi connectivity index (χ0n) is 20.4. The molecule has 0 radical (unpaired) electrons. The number of benzene rings is 3. The Kier molecular flexibility index (Phi) is 8.95. The molecular weight excluding hydrogens is 526 g/mol. The second-order valence-corrected chi connectivity index (χ2v) is 8.98. The Morgan fingerprint density at radius 2 is 1.84 bits per heavy atom. The SMILES string of the molecule is CCOC(=O)C(N)(C(=O)c1cscn1)c1ccc2c(C(=O)NCc3ccc(C(=N)N)cc3)cccc2c1.Cl. The predicted molar refractivity (Wildman–Crippen MR) is 149 cm³/mol. The largest absolute Gasteiger partial charge is 0.464 e. The third-order valence-corrected chi connectivity index (χ3v) is 6.51. The normalized spacial score (nSPS) is 12.2. The van der Waals surface area contributed by atoms with Gasteiger partial charge in [-0.3, -0.25) is 15.0 Å². The van der Waals surface area contributed by atoms with Gasteiger partial charge >= 0.3 is 5.97 Å². The van der Waals surface area contributed by atoms with Crippen LogP contribution in [0.4, 0.5) is 0 Å². The number of aromatic nitrogens is 1. The molecular formula is C27H26ClN5O4S. The second kappa shape index (κ2) is 12.0. The fourth-order valence-electron chi connectivity index (χ4n) is 3.92. The quantitative estimate of drug-likeness (QED) is 0.0813. The van der Waals surface area contributed by atoms with Gasteiger partial charge in [0, 0.05) is 23.1 Å². The number of ketones is 1. The van der Waals surface area contributed by atoms with Crippen molar-refractivity contribution in [2.45, 2.75) is 19.0 Å². The number of carbonyl (C=O) groups excluding carboxylic acids is 3. The van der Waals surface area contributed by atoms with Gasteiger partial charge in [0.2, 0.25) is 11.3 Å². The lowest BCUT2D eigenvalue weighted by Crippen LogP contribution is -2.53. The van der Waals surface area contributed by atoms with Crippen molar-refractivity contribution in [1.82, 2.24) is 10.3 Å². The zero-order chi connectivity index (χ0) is 26.6. The minimum Gasteiger partial charge on any atom is -0.464 e. The van der Waals surface area contributed by atoms with E-state index in [2.05, 4.69) is 10.3 Å². The second-order valence-electron chi connectivity index (χ2n) is 8.27. The molecule has 0 aliphatic rings. The molecule has 0 saturated carbocycles. The minimum atomic E-state index is -2.09. The van der Waals surface area contributed by atoms with Crippen LogP contribution in [0.5, 0.6) is 0 Å². The first-order valence-electron chi connectivity index (χ1n) is 11.4. The summed E-state index contributed by atoms with van der Waals surface area (Å²) in [6, 6.07) is 17.0. The van der Waals surface area contributed by atoms with Crippen LogP contribution in [0.25, 0.3) is 10.8 Å². The summed E-state index contributed by atoms with van der Waals surface area (Å²) in [5.41, 5.74) is 13.5. The van der Waals surface area contributed by atoms with Gasteiger partial charge in [-0.1, -0.05) is 48.5 Å². The van der Waals surface area contributed by atoms with E-state index in [0.29, 0.717) is 21.9 Å². The van der Waals surface area contributed by atoms with Crippen LogP contribution < -0.4 is 16.8 Å². The van der Waals surface area contributed by atoms with Gasteiger partial charge in [0.1, 0.15) is 11.5 Å². The van der Waals surface area contributed by atoms with Gasteiger partial charge in [0.25, 0.3) is 5.91 Å². The van der Waals surface area contributed by atoms with Crippen molar-refractivity contribution in [2.75, 3.05) is 6.61 Å². The van der Waals surface area contributed by atoms with E-state index in [1.54, 1.807) is 67.6 Å². The smallest absolute Gasteiger partial charge is 0.339 e. The molecule has 1 unspecified atom stereocenters. The maximum absolute atomic E-state index is 13.3. The molecule has 0 fully saturated rings. The highest BCUT2D eigenvalue weighted by atomic mass is 35.5. The van der Waals surface area contributed by atoms with Crippen molar-refractivity contribution in [1.29, 1.82) is 5.41 Å². The van der Waals surface area contributed by atoms with Crippen LogP contribution in [0, 0.1) is 5.41 Å². The Balaban J connectivity index is 0.00000400. The molecule has 4 aromatic rings. The summed E-state index contributed by atoms with van der Waals surface area (Å²) in [6.07, 6.45) is 0. The number of amides is 1. The van der Waals surface area contributed by atoms with Crippen molar-refractivity contribution in [3.8, 4) is 0 Å². The van der Waals surface area contributed by atoms with E-state index in [4.69, 9.17) is 21.6 Å². The average molecular weight is 552 g/mol. The van der Waals surface area contributed by atoms with E-state index >= 15 is 0 Å². The molecule has 0 spiro atoms. The monoisotopic (exact) mass is 551 g/mol. The number of nitrogens with two attached hydrogens (primary N) is 2. The molecule has 6 N–H and O–H groups in total. The summed E-state index contributed by atoms with van der Waals surface area (Å²) in [6.45, 7) is 1.97. The van der Waals surface area contributed by atoms with E-state index in [9.17, 15) is 14.4 Å². The molecule has 1 amide bonds. The first kappa shape index (κ1) is 28.5. The van der Waals surface area contributed by atoms with E-state index in [-0.39, 0.29) is 48.6 Å². The summed E-state index contributed by atoms with van der Waals surface area (Å²) >= 11 is 1.22. The number of fused-ring (bicyclic) bond motifs is 1. The summed E-state index contributed by atoms with van der Waals surface area (Å²) < 4.78 is 5.16. The highest BCUT2D eigenvalue weighted by Gasteiger charge is 2.46. The van der Waals surface area contributed by atoms with Gasteiger partial charge < -0.3 is 21.5 Å². The Morgan fingerprint density at radius 1 is 1.11 bits per heavy atom. The Bertz CT molecular complexity index is 1490. The predicted octanol–water partition coefficient (Wildman–Crippen LogP) is 3.53. The number of hydrogen-bond acceptors (Lipinski definition) is 8. The molecule has 9 nitrogen and oxygen atoms in total. The lowest BCUT2D eigenvalue weighted by Gasteiger charge is -2.26. The number of ether oxygens (including phenoxy) is 1. The maximum Gasteiger partial charge on any atom is 0.339 e. The van der Waals surface area contributed by atoms with Crippen molar-refractivity contribution < 1.29 is 19.1 Å². The third kappa shape index (κ3) is 5.57. The van der Waals surface area contributed by atoms with Crippen molar-refractivity contribution in [3.05, 3.63) is 99.5 Å². The molecule has 4 rings (SSSR count). The summed E-state index contributed by atoms with van der Waals surface area (Å²) in [5.74, 6) is -1.87. The number of thiazole rings is 1. The third-order valence-electron chi connectivity index (χ3n) is 5.92. The molecule has 1 aromatic heterocycles. The van der Waals surface area contributed by atoms with Crippen LogP contribution in [0.1, 0.15) is 44.5 Å². The number of esters is 1. The number of nitrogens with zero attached hydrogens (tertiary/aromatic N) is 1. The standard InChI is InChI=1S/C27H25N5O4S.ClH/c1-2-36-26(35)27(30,23(33)22-14-37-15-32-22)19-10-11-20-18(12-19)4-3-5-21(20)25(34)31-13-16-6-8-17(9-7-16)24(28)29;/h3-12,14-15H,2,13,30H2,1H3,(H3,28,29)(H,31,34);1H. The number of hydrogen-bond donors (Lipinski definition) is 4. The van der Waals surface area contributed by atoms with Gasteiger partial charge in [-0.2, -0.15) is 0 Å². The van der Waals surface area contributed by atoms with Crippen LogP contribution in [-0.2, 0) is 21.6 Å². The summed E-state index contributed by atoms with van der Waals surface area (Å²) in [4.78, 5) is 43.2. The molecule has 0 aliphatic carbocycles. The molecule has 1 atom stereocenters.